The number of nitrogens with one attached hydrogen (secondary N) is 1. The van der Waals surface area contributed by atoms with Crippen LogP contribution >= 0.6 is 23.5 Å². The van der Waals surface area contributed by atoms with Crippen LogP contribution in [0.2, 0.25) is 0 Å². The molecule has 7 atom stereocenters. The summed E-state index contributed by atoms with van der Waals surface area (Å²) < 4.78 is 66.3. The van der Waals surface area contributed by atoms with Crippen LogP contribution < -0.4 is 11.2 Å². The molecule has 192 valence electrons. The maximum atomic E-state index is 14.8. The van der Waals surface area contributed by atoms with Crippen molar-refractivity contribution in [3.05, 3.63) is 45.8 Å². The van der Waals surface area contributed by atoms with E-state index in [1.807, 2.05) is 4.98 Å². The highest BCUT2D eigenvalue weighted by Gasteiger charge is 2.93. The molecule has 0 spiro atoms. The fourth-order valence-corrected chi connectivity index (χ4v) is 6.79. The zero-order valence-corrected chi connectivity index (χ0v) is 19.2. The number of phosphoric acid groups is 3. The molecular weight excluding hydrogens is 536 g/mol. The van der Waals surface area contributed by atoms with Gasteiger partial charge in [0.2, 0.25) is 0 Å². The number of fused-ring (bicyclic) bond motifs is 1. The van der Waals surface area contributed by atoms with Crippen molar-refractivity contribution in [1.29, 1.82) is 0 Å². The molecule has 0 amide bonds. The lowest BCUT2D eigenvalue weighted by atomic mass is 9.88. The standard InChI is InChI=1S/C13H18FN2O15P3/c1-2-4-11(19)9(16-5-3-7(17)15-10(16)18)29-12(8(14)13(11,12)20)6-28-33(24,25)31-34(26,27)30-32(21,22)23/h2-3,5,8-9,19-20H,1,4,6H2,(H,24,25)(H,26,27)(H,15,17,18)(H2,21,22,23)/t8?,9-,11+,12+,13+/m1/s1. The van der Waals surface area contributed by atoms with Crippen LogP contribution in [0, 0.1) is 0 Å². The van der Waals surface area contributed by atoms with Gasteiger partial charge in [0, 0.05) is 18.7 Å². The number of halogens is 1. The molecule has 2 fully saturated rings. The van der Waals surface area contributed by atoms with Crippen LogP contribution in [0.25, 0.3) is 0 Å². The molecular formula is C13H18FN2O15P3. The van der Waals surface area contributed by atoms with Gasteiger partial charge in [-0.3, -0.25) is 18.9 Å². The zero-order valence-electron chi connectivity index (χ0n) is 16.5. The van der Waals surface area contributed by atoms with E-state index in [1.54, 1.807) is 0 Å². The Kier molecular flexibility index (Phi) is 6.69. The molecule has 1 aliphatic heterocycles. The van der Waals surface area contributed by atoms with Crippen molar-refractivity contribution in [3.63, 3.8) is 0 Å². The number of hydrogen-bond donors (Lipinski definition) is 7. The molecule has 17 nitrogen and oxygen atoms in total. The van der Waals surface area contributed by atoms with Crippen LogP contribution in [-0.2, 0) is 31.6 Å². The number of rotatable bonds is 10. The van der Waals surface area contributed by atoms with Gasteiger partial charge in [-0.1, -0.05) is 6.08 Å². The van der Waals surface area contributed by atoms with E-state index in [2.05, 4.69) is 19.7 Å². The third-order valence-corrected chi connectivity index (χ3v) is 8.93. The van der Waals surface area contributed by atoms with Gasteiger partial charge in [0.25, 0.3) is 5.56 Å². The maximum Gasteiger partial charge on any atom is 0.490 e. The summed E-state index contributed by atoms with van der Waals surface area (Å²) in [6, 6.07) is 0.846. The highest BCUT2D eigenvalue weighted by Crippen LogP contribution is 2.71. The summed E-state index contributed by atoms with van der Waals surface area (Å²) in [6.45, 7) is 1.91. The highest BCUT2D eigenvalue weighted by molar-refractivity contribution is 7.66. The lowest BCUT2D eigenvalue weighted by Crippen LogP contribution is -2.52. The first-order valence-corrected chi connectivity index (χ1v) is 13.3. The summed E-state index contributed by atoms with van der Waals surface area (Å²) in [6.07, 6.45) is -3.11. The third kappa shape index (κ3) is 4.47. The van der Waals surface area contributed by atoms with Gasteiger partial charge in [0.05, 0.1) is 6.61 Å². The van der Waals surface area contributed by atoms with Gasteiger partial charge in [-0.15, -0.1) is 6.58 Å². The minimum atomic E-state index is -5.89. The number of ether oxygens (including phenoxy) is 1. The molecule has 1 aromatic heterocycles. The first kappa shape index (κ1) is 27.2. The lowest BCUT2D eigenvalue weighted by Gasteiger charge is -2.34. The van der Waals surface area contributed by atoms with Crippen molar-refractivity contribution in [3.8, 4) is 0 Å². The SMILES string of the molecule is C=CC[C@]1(O)[C@H](n2ccc(=O)[nH]c2=O)O[C@@]2(COP(=O)(O)OP(=O)(O)OP(=O)(O)O)C(F)[C@@]21O. The second-order valence-electron chi connectivity index (χ2n) is 7.29. The summed E-state index contributed by atoms with van der Waals surface area (Å²) in [4.78, 5) is 61.2. The van der Waals surface area contributed by atoms with Crippen molar-refractivity contribution in [2.45, 2.75) is 35.6 Å². The van der Waals surface area contributed by atoms with Gasteiger partial charge in [-0.2, -0.15) is 8.62 Å². The van der Waals surface area contributed by atoms with Crippen molar-refractivity contribution in [2.75, 3.05) is 6.61 Å². The van der Waals surface area contributed by atoms with Gasteiger partial charge in [-0.05, 0) is 0 Å². The molecule has 1 aromatic rings. The van der Waals surface area contributed by atoms with Crippen LogP contribution in [0.5, 0.6) is 0 Å². The predicted molar refractivity (Wildman–Crippen MR) is 104 cm³/mol. The second kappa shape index (κ2) is 8.35. The Hall–Kier alpha value is -1.36. The van der Waals surface area contributed by atoms with E-state index in [-0.39, 0.29) is 0 Å². The van der Waals surface area contributed by atoms with Crippen LogP contribution in [0.4, 0.5) is 4.39 Å². The molecule has 0 radical (unpaired) electrons. The molecule has 3 unspecified atom stereocenters. The smallest absolute Gasteiger partial charge is 0.382 e. The van der Waals surface area contributed by atoms with Crippen molar-refractivity contribution in [1.82, 2.24) is 9.55 Å². The van der Waals surface area contributed by atoms with Gasteiger partial charge < -0.3 is 34.5 Å². The number of aliphatic hydroxyl groups is 2. The van der Waals surface area contributed by atoms with Crippen LogP contribution in [0.15, 0.2) is 34.5 Å². The van der Waals surface area contributed by atoms with Crippen molar-refractivity contribution < 1.29 is 65.8 Å². The molecule has 1 saturated carbocycles. The van der Waals surface area contributed by atoms with E-state index in [9.17, 15) is 47.7 Å². The number of nitrogens with zero attached hydrogens (tertiary/aromatic N) is 1. The normalized spacial score (nSPS) is 36.3. The van der Waals surface area contributed by atoms with Crippen LogP contribution in [-0.4, -0.2) is 68.9 Å². The third-order valence-electron chi connectivity index (χ3n) is 5.15. The maximum absolute atomic E-state index is 14.8. The summed E-state index contributed by atoms with van der Waals surface area (Å²) in [5.41, 5.74) is -10.1. The summed E-state index contributed by atoms with van der Waals surface area (Å²) in [5, 5.41) is 22.0. The number of phosphoric ester groups is 1. The monoisotopic (exact) mass is 554 g/mol. The van der Waals surface area contributed by atoms with Crippen LogP contribution in [0.1, 0.15) is 12.6 Å². The van der Waals surface area contributed by atoms with E-state index in [0.717, 1.165) is 18.3 Å². The van der Waals surface area contributed by atoms with E-state index in [4.69, 9.17) is 14.5 Å². The molecule has 2 aliphatic rings. The first-order chi connectivity index (χ1) is 15.3. The largest absolute Gasteiger partial charge is 0.490 e. The Morgan fingerprint density at radius 1 is 1.18 bits per heavy atom. The average Bonchev–Trinajstić information content (AvgIpc) is 3.02. The minimum absolute atomic E-state index is 0.592. The number of aromatic amines is 1. The fourth-order valence-electron chi connectivity index (χ4n) is 3.74. The van der Waals surface area contributed by atoms with Crippen molar-refractivity contribution in [2.24, 2.45) is 0 Å². The predicted octanol–water partition coefficient (Wildman–Crippen LogP) is -1.46. The minimum Gasteiger partial charge on any atom is -0.382 e. The van der Waals surface area contributed by atoms with Crippen molar-refractivity contribution >= 4 is 23.5 Å². The molecule has 34 heavy (non-hydrogen) atoms. The quantitative estimate of drug-likeness (QED) is 0.129. The topological polar surface area (TPSA) is 264 Å². The Morgan fingerprint density at radius 3 is 2.32 bits per heavy atom. The molecule has 0 aromatic carbocycles. The number of aromatic nitrogens is 2. The van der Waals surface area contributed by atoms with Gasteiger partial charge in [0.15, 0.2) is 23.6 Å². The van der Waals surface area contributed by atoms with Gasteiger partial charge in [0.1, 0.15) is 5.60 Å². The second-order valence-corrected chi connectivity index (χ2v) is 11.7. The number of H-pyrrole nitrogens is 1. The highest BCUT2D eigenvalue weighted by atomic mass is 31.3. The lowest BCUT2D eigenvalue weighted by molar-refractivity contribution is -0.167. The fraction of sp³-hybridized carbons (Fsp3) is 0.538. The Morgan fingerprint density at radius 2 is 1.79 bits per heavy atom. The summed E-state index contributed by atoms with van der Waals surface area (Å²) >= 11 is 0. The van der Waals surface area contributed by atoms with E-state index in [1.165, 1.54) is 0 Å². The van der Waals surface area contributed by atoms with E-state index >= 15 is 0 Å². The van der Waals surface area contributed by atoms with E-state index < -0.39 is 76.9 Å². The molecule has 21 heteroatoms. The first-order valence-electron chi connectivity index (χ1n) is 8.81. The Labute approximate surface area is 187 Å². The number of hydrogen-bond acceptors (Lipinski definition) is 11. The molecule has 2 heterocycles. The Balaban J connectivity index is 1.90. The molecule has 1 saturated heterocycles. The summed E-state index contributed by atoms with van der Waals surface area (Å²) in [5.74, 6) is 0. The average molecular weight is 554 g/mol. The molecule has 3 rings (SSSR count). The summed E-state index contributed by atoms with van der Waals surface area (Å²) in [7, 11) is -17.3. The van der Waals surface area contributed by atoms with Crippen LogP contribution in [0.3, 0.4) is 0 Å². The number of alkyl halides is 1. The van der Waals surface area contributed by atoms with Gasteiger partial charge >= 0.3 is 29.2 Å². The Bertz CT molecular complexity index is 1260. The molecule has 1 aliphatic carbocycles. The van der Waals surface area contributed by atoms with E-state index in [0.29, 0.717) is 4.57 Å². The molecule has 0 bridgehead atoms. The van der Waals surface area contributed by atoms with Gasteiger partial charge in [-0.25, -0.2) is 22.9 Å². The zero-order chi connectivity index (χ0) is 26.0. The molecule has 7 N–H and O–H groups in total.